The number of hydrogen-bond donors (Lipinski definition) is 2. The van der Waals surface area contributed by atoms with E-state index in [1.54, 1.807) is 12.4 Å². The SMILES string of the molecule is NC(=O)Cn1cc(NCC2CCOC2)cn1. The van der Waals surface area contributed by atoms with E-state index >= 15 is 0 Å². The van der Waals surface area contributed by atoms with Crippen LogP contribution in [0, 0.1) is 5.92 Å². The van der Waals surface area contributed by atoms with Gasteiger partial charge in [0, 0.05) is 25.3 Å². The molecule has 0 spiro atoms. The second kappa shape index (κ2) is 4.98. The van der Waals surface area contributed by atoms with Crippen molar-refractivity contribution in [3.63, 3.8) is 0 Å². The van der Waals surface area contributed by atoms with Crippen molar-refractivity contribution in [3.8, 4) is 0 Å². The number of aromatic nitrogens is 2. The lowest BCUT2D eigenvalue weighted by atomic mass is 10.1. The van der Waals surface area contributed by atoms with E-state index in [1.165, 1.54) is 4.68 Å². The predicted octanol–water partition coefficient (Wildman–Crippen LogP) is -0.183. The van der Waals surface area contributed by atoms with Crippen LogP contribution in [0.2, 0.25) is 0 Å². The molecule has 1 aliphatic rings. The summed E-state index contributed by atoms with van der Waals surface area (Å²) in [4.78, 5) is 10.7. The van der Waals surface area contributed by atoms with E-state index in [1.807, 2.05) is 0 Å². The van der Waals surface area contributed by atoms with E-state index in [0.717, 1.165) is 31.9 Å². The summed E-state index contributed by atoms with van der Waals surface area (Å²) in [6, 6.07) is 0. The molecule has 3 N–H and O–H groups in total. The van der Waals surface area contributed by atoms with Crippen LogP contribution in [0.3, 0.4) is 0 Å². The summed E-state index contributed by atoms with van der Waals surface area (Å²) in [6.07, 6.45) is 4.57. The van der Waals surface area contributed by atoms with Crippen molar-refractivity contribution in [2.45, 2.75) is 13.0 Å². The first-order valence-corrected chi connectivity index (χ1v) is 5.36. The highest BCUT2D eigenvalue weighted by Crippen LogP contribution is 2.13. The zero-order valence-electron chi connectivity index (χ0n) is 9.06. The number of rotatable bonds is 5. The molecule has 2 rings (SSSR count). The summed E-state index contributed by atoms with van der Waals surface area (Å²) >= 11 is 0. The Morgan fingerprint density at radius 1 is 1.75 bits per heavy atom. The quantitative estimate of drug-likeness (QED) is 0.726. The number of anilines is 1. The molecule has 1 fully saturated rings. The van der Waals surface area contributed by atoms with Gasteiger partial charge in [-0.15, -0.1) is 0 Å². The van der Waals surface area contributed by atoms with Crippen LogP contribution >= 0.6 is 0 Å². The molecule has 1 unspecified atom stereocenters. The highest BCUT2D eigenvalue weighted by molar-refractivity contribution is 5.73. The Balaban J connectivity index is 1.80. The Morgan fingerprint density at radius 3 is 3.31 bits per heavy atom. The lowest BCUT2D eigenvalue weighted by Crippen LogP contribution is -2.18. The molecule has 1 aromatic rings. The predicted molar refractivity (Wildman–Crippen MR) is 58.8 cm³/mol. The van der Waals surface area contributed by atoms with Gasteiger partial charge in [-0.3, -0.25) is 9.48 Å². The third kappa shape index (κ3) is 2.96. The van der Waals surface area contributed by atoms with Gasteiger partial charge in [-0.05, 0) is 6.42 Å². The Morgan fingerprint density at radius 2 is 2.62 bits per heavy atom. The fraction of sp³-hybridized carbons (Fsp3) is 0.600. The number of carbonyl (C=O) groups excluding carboxylic acids is 1. The lowest BCUT2D eigenvalue weighted by molar-refractivity contribution is -0.118. The summed E-state index contributed by atoms with van der Waals surface area (Å²) in [7, 11) is 0. The molecule has 6 nitrogen and oxygen atoms in total. The lowest BCUT2D eigenvalue weighted by Gasteiger charge is -2.07. The molecule has 16 heavy (non-hydrogen) atoms. The highest BCUT2D eigenvalue weighted by atomic mass is 16.5. The average Bonchev–Trinajstić information content (AvgIpc) is 2.84. The Bertz CT molecular complexity index is 357. The first-order valence-electron chi connectivity index (χ1n) is 5.36. The number of nitrogens with one attached hydrogen (secondary N) is 1. The van der Waals surface area contributed by atoms with E-state index < -0.39 is 0 Å². The largest absolute Gasteiger partial charge is 0.382 e. The van der Waals surface area contributed by atoms with Gasteiger partial charge in [0.2, 0.25) is 5.91 Å². The van der Waals surface area contributed by atoms with Gasteiger partial charge in [0.25, 0.3) is 0 Å². The number of primary amides is 1. The van der Waals surface area contributed by atoms with Crippen LogP contribution in [0.4, 0.5) is 5.69 Å². The Kier molecular flexibility index (Phi) is 3.40. The van der Waals surface area contributed by atoms with Gasteiger partial charge in [-0.1, -0.05) is 0 Å². The van der Waals surface area contributed by atoms with Gasteiger partial charge in [0.1, 0.15) is 6.54 Å². The molecule has 88 valence electrons. The van der Waals surface area contributed by atoms with E-state index in [4.69, 9.17) is 10.5 Å². The summed E-state index contributed by atoms with van der Waals surface area (Å²) in [5, 5.41) is 7.29. The summed E-state index contributed by atoms with van der Waals surface area (Å²) in [5.74, 6) is 0.179. The molecule has 0 aliphatic carbocycles. The van der Waals surface area contributed by atoms with Crippen LogP contribution in [0.25, 0.3) is 0 Å². The van der Waals surface area contributed by atoms with Crippen LogP contribution in [0.5, 0.6) is 0 Å². The molecular formula is C10H16N4O2. The van der Waals surface area contributed by atoms with E-state index in [2.05, 4.69) is 10.4 Å². The van der Waals surface area contributed by atoms with Crippen molar-refractivity contribution >= 4 is 11.6 Å². The highest BCUT2D eigenvalue weighted by Gasteiger charge is 2.15. The molecule has 1 aliphatic heterocycles. The van der Waals surface area contributed by atoms with Crippen molar-refractivity contribution in [3.05, 3.63) is 12.4 Å². The van der Waals surface area contributed by atoms with Crippen molar-refractivity contribution in [2.24, 2.45) is 11.7 Å². The van der Waals surface area contributed by atoms with Crippen molar-refractivity contribution < 1.29 is 9.53 Å². The number of ether oxygens (including phenoxy) is 1. The monoisotopic (exact) mass is 224 g/mol. The minimum absolute atomic E-state index is 0.119. The van der Waals surface area contributed by atoms with Gasteiger partial charge in [0.15, 0.2) is 0 Å². The number of carbonyl (C=O) groups is 1. The minimum atomic E-state index is -0.390. The van der Waals surface area contributed by atoms with Gasteiger partial charge < -0.3 is 15.8 Å². The first-order chi connectivity index (χ1) is 7.74. The van der Waals surface area contributed by atoms with Crippen LogP contribution in [0.15, 0.2) is 12.4 Å². The van der Waals surface area contributed by atoms with Gasteiger partial charge in [0.05, 0.1) is 18.5 Å². The standard InChI is InChI=1S/C10H16N4O2/c11-10(15)6-14-5-9(4-13-14)12-3-8-1-2-16-7-8/h4-5,8,12H,1-3,6-7H2,(H2,11,15). The Hall–Kier alpha value is -1.56. The summed E-state index contributed by atoms with van der Waals surface area (Å²) < 4.78 is 6.80. The zero-order valence-corrected chi connectivity index (χ0v) is 9.06. The number of hydrogen-bond acceptors (Lipinski definition) is 4. The maximum Gasteiger partial charge on any atom is 0.239 e. The molecule has 1 aromatic heterocycles. The van der Waals surface area contributed by atoms with Crippen LogP contribution < -0.4 is 11.1 Å². The third-order valence-corrected chi connectivity index (χ3v) is 2.57. The third-order valence-electron chi connectivity index (χ3n) is 2.57. The normalized spacial score (nSPS) is 19.9. The number of amides is 1. The van der Waals surface area contributed by atoms with Crippen molar-refractivity contribution in [1.29, 1.82) is 0 Å². The molecule has 0 saturated carbocycles. The maximum absolute atomic E-state index is 10.7. The minimum Gasteiger partial charge on any atom is -0.382 e. The zero-order chi connectivity index (χ0) is 11.4. The summed E-state index contributed by atoms with van der Waals surface area (Å²) in [6.45, 7) is 2.67. The molecule has 6 heteroatoms. The molecule has 1 atom stereocenters. The van der Waals surface area contributed by atoms with E-state index in [0.29, 0.717) is 5.92 Å². The van der Waals surface area contributed by atoms with Crippen molar-refractivity contribution in [2.75, 3.05) is 25.1 Å². The van der Waals surface area contributed by atoms with Gasteiger partial charge in [-0.2, -0.15) is 5.10 Å². The first kappa shape index (κ1) is 10.9. The average molecular weight is 224 g/mol. The maximum atomic E-state index is 10.7. The fourth-order valence-corrected chi connectivity index (χ4v) is 1.71. The van der Waals surface area contributed by atoms with E-state index in [-0.39, 0.29) is 12.5 Å². The van der Waals surface area contributed by atoms with Crippen LogP contribution in [0.1, 0.15) is 6.42 Å². The molecule has 0 bridgehead atoms. The van der Waals surface area contributed by atoms with Crippen molar-refractivity contribution in [1.82, 2.24) is 9.78 Å². The van der Waals surface area contributed by atoms with Crippen LogP contribution in [-0.2, 0) is 16.1 Å². The summed E-state index contributed by atoms with van der Waals surface area (Å²) in [5.41, 5.74) is 5.98. The molecule has 2 heterocycles. The molecule has 0 radical (unpaired) electrons. The van der Waals surface area contributed by atoms with Crippen LogP contribution in [-0.4, -0.2) is 35.4 Å². The smallest absolute Gasteiger partial charge is 0.239 e. The molecule has 1 amide bonds. The molecular weight excluding hydrogens is 208 g/mol. The molecule has 1 saturated heterocycles. The second-order valence-electron chi connectivity index (χ2n) is 4.00. The molecule has 0 aromatic carbocycles. The second-order valence-corrected chi connectivity index (χ2v) is 4.00. The number of nitrogens with zero attached hydrogens (tertiary/aromatic N) is 2. The Labute approximate surface area is 93.8 Å². The topological polar surface area (TPSA) is 82.2 Å². The number of nitrogens with two attached hydrogens (primary N) is 1. The van der Waals surface area contributed by atoms with Gasteiger partial charge >= 0.3 is 0 Å². The van der Waals surface area contributed by atoms with E-state index in [9.17, 15) is 4.79 Å². The van der Waals surface area contributed by atoms with Gasteiger partial charge in [-0.25, -0.2) is 0 Å². The fourth-order valence-electron chi connectivity index (χ4n) is 1.71.